The number of nitrogens with zero attached hydrogens (tertiary/aromatic N) is 1. The van der Waals surface area contributed by atoms with Crippen molar-refractivity contribution in [1.29, 1.82) is 0 Å². The number of aryl methyl sites for hydroxylation is 1. The maximum absolute atomic E-state index is 5.10. The van der Waals surface area contributed by atoms with E-state index in [1.54, 1.807) is 12.7 Å². The topological polar surface area (TPSA) is 12.5 Å². The Balaban J connectivity index is 1.28. The predicted molar refractivity (Wildman–Crippen MR) is 146 cm³/mol. The summed E-state index contributed by atoms with van der Waals surface area (Å²) in [5.74, 6) is 3.92. The normalized spacial score (nSPS) is 26.1. The van der Waals surface area contributed by atoms with Crippen LogP contribution in [0.25, 0.3) is 0 Å². The number of hydrogen-bond donors (Lipinski definition) is 0. The summed E-state index contributed by atoms with van der Waals surface area (Å²) in [4.78, 5) is 0. The van der Waals surface area contributed by atoms with Crippen molar-refractivity contribution in [3.63, 3.8) is 0 Å². The van der Waals surface area contributed by atoms with Crippen LogP contribution in [0.3, 0.4) is 0 Å². The first-order valence-electron chi connectivity index (χ1n) is 14.2. The Labute approximate surface area is 210 Å². The van der Waals surface area contributed by atoms with Crippen molar-refractivity contribution in [2.45, 2.75) is 116 Å². The summed E-state index contributed by atoms with van der Waals surface area (Å²) in [7, 11) is 3.82. The number of benzene rings is 1. The molecule has 1 aromatic rings. The fraction of sp³-hybridized carbons (Fsp3) is 0.800. The summed E-state index contributed by atoms with van der Waals surface area (Å²) in [5.41, 5.74) is 3.06. The van der Waals surface area contributed by atoms with E-state index < -0.39 is 0 Å². The van der Waals surface area contributed by atoms with Gasteiger partial charge in [0.1, 0.15) is 0 Å². The fourth-order valence-corrected chi connectivity index (χ4v) is 6.83. The molecule has 0 heterocycles. The second-order valence-electron chi connectivity index (χ2n) is 11.1. The van der Waals surface area contributed by atoms with Gasteiger partial charge in [0.05, 0.1) is 19.3 Å². The molecule has 0 N–H and O–H groups in total. The van der Waals surface area contributed by atoms with Crippen molar-refractivity contribution in [1.82, 2.24) is 4.31 Å². The number of hydrogen-bond acceptors (Lipinski definition) is 3. The van der Waals surface area contributed by atoms with Crippen LogP contribution in [0, 0.1) is 17.8 Å². The molecular formula is C30H51NOS. The van der Waals surface area contributed by atoms with Gasteiger partial charge in [0.2, 0.25) is 0 Å². The second-order valence-corrected chi connectivity index (χ2v) is 12.2. The zero-order chi connectivity index (χ0) is 23.3. The monoisotopic (exact) mass is 473 g/mol. The molecule has 2 aliphatic carbocycles. The van der Waals surface area contributed by atoms with Gasteiger partial charge in [-0.05, 0) is 80.4 Å². The molecule has 1 aromatic carbocycles. The predicted octanol–water partition coefficient (Wildman–Crippen LogP) is 9.20. The van der Waals surface area contributed by atoms with E-state index in [1.807, 2.05) is 0 Å². The van der Waals surface area contributed by atoms with Gasteiger partial charge in [0.15, 0.2) is 0 Å². The van der Waals surface area contributed by atoms with Crippen LogP contribution in [0.4, 0.5) is 0 Å². The Kier molecular flexibility index (Phi) is 12.7. The molecule has 2 aliphatic rings. The van der Waals surface area contributed by atoms with E-state index >= 15 is 0 Å². The zero-order valence-electron chi connectivity index (χ0n) is 21.9. The van der Waals surface area contributed by atoms with E-state index in [2.05, 4.69) is 42.5 Å². The lowest BCUT2D eigenvalue weighted by molar-refractivity contribution is 0.222. The minimum absolute atomic E-state index is 0.804. The summed E-state index contributed by atoms with van der Waals surface area (Å²) < 4.78 is 7.26. The molecule has 2 fully saturated rings. The highest BCUT2D eigenvalue weighted by atomic mass is 32.2. The largest absolute Gasteiger partial charge is 0.304 e. The quantitative estimate of drug-likeness (QED) is 0.152. The lowest BCUT2D eigenvalue weighted by atomic mass is 9.74. The van der Waals surface area contributed by atoms with E-state index in [-0.39, 0.29) is 0 Å². The maximum Gasteiger partial charge on any atom is 0.0813 e. The molecule has 2 saturated carbocycles. The molecule has 2 nitrogen and oxygen atoms in total. The zero-order valence-corrected chi connectivity index (χ0v) is 22.7. The Hall–Kier alpha value is -0.510. The standard InChI is InChI=1S/C30H51NOS/c1-4-5-6-8-25-10-12-27(13-11-25)14-15-28-18-22-30(23-19-28)29-20-16-26(17-21-29)9-7-24-31(2)33-32-3/h16-17,20-21,25,27-28,30H,4-15,18-19,22-24H2,1-3H3. The first kappa shape index (κ1) is 27.1. The molecule has 0 atom stereocenters. The van der Waals surface area contributed by atoms with E-state index in [0.29, 0.717) is 0 Å². The van der Waals surface area contributed by atoms with Gasteiger partial charge in [-0.1, -0.05) is 95.4 Å². The third-order valence-electron chi connectivity index (χ3n) is 8.60. The van der Waals surface area contributed by atoms with Crippen LogP contribution >= 0.6 is 12.2 Å². The van der Waals surface area contributed by atoms with Crippen molar-refractivity contribution in [3.8, 4) is 0 Å². The van der Waals surface area contributed by atoms with E-state index in [4.69, 9.17) is 4.18 Å². The van der Waals surface area contributed by atoms with Crippen molar-refractivity contribution in [2.24, 2.45) is 17.8 Å². The summed E-state index contributed by atoms with van der Waals surface area (Å²) in [6, 6.07) is 9.60. The van der Waals surface area contributed by atoms with Gasteiger partial charge in [-0.3, -0.25) is 0 Å². The number of unbranched alkanes of at least 4 members (excludes halogenated alkanes) is 2. The Morgan fingerprint density at radius 3 is 1.94 bits per heavy atom. The van der Waals surface area contributed by atoms with Gasteiger partial charge in [-0.25, -0.2) is 4.31 Å². The van der Waals surface area contributed by atoms with E-state index in [1.165, 1.54) is 114 Å². The van der Waals surface area contributed by atoms with Crippen molar-refractivity contribution in [3.05, 3.63) is 35.4 Å². The van der Waals surface area contributed by atoms with Crippen molar-refractivity contribution < 1.29 is 4.18 Å². The van der Waals surface area contributed by atoms with Crippen LogP contribution in [-0.2, 0) is 10.6 Å². The van der Waals surface area contributed by atoms with Crippen LogP contribution in [-0.4, -0.2) is 25.0 Å². The highest BCUT2D eigenvalue weighted by molar-refractivity contribution is 7.92. The molecule has 0 spiro atoms. The summed E-state index contributed by atoms with van der Waals surface area (Å²) in [5, 5.41) is 0. The minimum atomic E-state index is 0.804. The second kappa shape index (κ2) is 15.5. The average Bonchev–Trinajstić information content (AvgIpc) is 2.85. The highest BCUT2D eigenvalue weighted by Crippen LogP contribution is 2.40. The summed E-state index contributed by atoms with van der Waals surface area (Å²) >= 11 is 1.44. The van der Waals surface area contributed by atoms with Crippen LogP contribution < -0.4 is 0 Å². The molecule has 0 bridgehead atoms. The fourth-order valence-electron chi connectivity index (χ4n) is 6.37. The van der Waals surface area contributed by atoms with Crippen molar-refractivity contribution in [2.75, 3.05) is 20.7 Å². The van der Waals surface area contributed by atoms with Gasteiger partial charge >= 0.3 is 0 Å². The molecule has 0 amide bonds. The Bertz CT molecular complexity index is 617. The maximum atomic E-state index is 5.10. The van der Waals surface area contributed by atoms with E-state index in [9.17, 15) is 0 Å². The minimum Gasteiger partial charge on any atom is -0.304 e. The van der Waals surface area contributed by atoms with Gasteiger partial charge in [-0.15, -0.1) is 0 Å². The molecule has 0 aromatic heterocycles. The average molecular weight is 474 g/mol. The van der Waals surface area contributed by atoms with Crippen LogP contribution in [0.5, 0.6) is 0 Å². The van der Waals surface area contributed by atoms with Crippen LogP contribution in [0.2, 0.25) is 0 Å². The summed E-state index contributed by atoms with van der Waals surface area (Å²) in [6.07, 6.45) is 23.0. The molecule has 188 valence electrons. The molecule has 0 unspecified atom stereocenters. The van der Waals surface area contributed by atoms with Crippen LogP contribution in [0.15, 0.2) is 24.3 Å². The molecule has 0 saturated heterocycles. The first-order valence-corrected chi connectivity index (χ1v) is 14.9. The van der Waals surface area contributed by atoms with E-state index in [0.717, 1.165) is 36.6 Å². The third kappa shape index (κ3) is 9.94. The highest BCUT2D eigenvalue weighted by Gasteiger charge is 2.25. The van der Waals surface area contributed by atoms with Gasteiger partial charge in [0, 0.05) is 6.54 Å². The van der Waals surface area contributed by atoms with Gasteiger partial charge < -0.3 is 4.18 Å². The lowest BCUT2D eigenvalue weighted by Crippen LogP contribution is -2.18. The number of rotatable bonds is 14. The molecular weight excluding hydrogens is 422 g/mol. The Morgan fingerprint density at radius 2 is 1.36 bits per heavy atom. The van der Waals surface area contributed by atoms with Crippen molar-refractivity contribution >= 4 is 12.2 Å². The third-order valence-corrected chi connectivity index (χ3v) is 9.19. The SMILES string of the molecule is CCCCCC1CCC(CCC2CCC(c3ccc(CCCN(C)SOC)cc3)CC2)CC1. The molecule has 0 radical (unpaired) electrons. The van der Waals surface area contributed by atoms with Gasteiger partial charge in [-0.2, -0.15) is 0 Å². The lowest BCUT2D eigenvalue weighted by Gasteiger charge is -2.32. The summed E-state index contributed by atoms with van der Waals surface area (Å²) in [6.45, 7) is 3.39. The van der Waals surface area contributed by atoms with Crippen LogP contribution in [0.1, 0.15) is 120 Å². The molecule has 3 heteroatoms. The smallest absolute Gasteiger partial charge is 0.0813 e. The molecule has 3 rings (SSSR count). The van der Waals surface area contributed by atoms with Gasteiger partial charge in [0.25, 0.3) is 0 Å². The first-order chi connectivity index (χ1) is 16.2. The Morgan fingerprint density at radius 1 is 0.788 bits per heavy atom. The molecule has 0 aliphatic heterocycles. The molecule has 33 heavy (non-hydrogen) atoms.